The van der Waals surface area contributed by atoms with Crippen molar-refractivity contribution in [3.05, 3.63) is 88.7 Å². The molecular weight excluding hydrogens is 485 g/mol. The molecule has 172 valence electrons. The lowest BCUT2D eigenvalue weighted by atomic mass is 10.2. The van der Waals surface area contributed by atoms with E-state index in [0.29, 0.717) is 6.07 Å². The highest BCUT2D eigenvalue weighted by Crippen LogP contribution is 2.31. The van der Waals surface area contributed by atoms with Gasteiger partial charge in [0.25, 0.3) is 21.8 Å². The zero-order valence-corrected chi connectivity index (χ0v) is 17.9. The molecule has 1 aromatic heterocycles. The van der Waals surface area contributed by atoms with Gasteiger partial charge >= 0.3 is 6.18 Å². The maximum absolute atomic E-state index is 12.9. The van der Waals surface area contributed by atoms with Crippen LogP contribution in [-0.2, 0) is 16.2 Å². The van der Waals surface area contributed by atoms with Crippen molar-refractivity contribution in [1.82, 2.24) is 15.8 Å². The molecule has 3 rings (SSSR count). The number of aromatic nitrogens is 1. The number of hydrazine groups is 1. The van der Waals surface area contributed by atoms with Crippen molar-refractivity contribution >= 4 is 39.1 Å². The first-order valence-electron chi connectivity index (χ1n) is 8.98. The zero-order valence-electron chi connectivity index (χ0n) is 16.4. The Morgan fingerprint density at radius 2 is 1.52 bits per heavy atom. The number of rotatable bonds is 5. The fraction of sp³-hybridized carbons (Fsp3) is 0.0500. The highest BCUT2D eigenvalue weighted by atomic mass is 35.5. The molecule has 0 aliphatic carbocycles. The van der Waals surface area contributed by atoms with Crippen molar-refractivity contribution < 1.29 is 31.2 Å². The lowest BCUT2D eigenvalue weighted by Gasteiger charge is -2.12. The number of sulfonamides is 1. The molecule has 0 unspecified atom stereocenters. The SMILES string of the molecule is O=C(NNC(=O)c1ccnc(Cl)c1)c1cccc(S(=O)(=O)Nc2cccc(C(F)(F)F)c2)c1. The van der Waals surface area contributed by atoms with Gasteiger partial charge in [0.15, 0.2) is 0 Å². The minimum atomic E-state index is -4.65. The molecule has 0 spiro atoms. The van der Waals surface area contributed by atoms with E-state index in [-0.39, 0.29) is 26.9 Å². The van der Waals surface area contributed by atoms with Crippen molar-refractivity contribution in [3.8, 4) is 0 Å². The van der Waals surface area contributed by atoms with Crippen molar-refractivity contribution in [2.24, 2.45) is 0 Å². The zero-order chi connectivity index (χ0) is 24.2. The number of hydrogen-bond donors (Lipinski definition) is 3. The van der Waals surface area contributed by atoms with Crippen LogP contribution < -0.4 is 15.6 Å². The van der Waals surface area contributed by atoms with Gasteiger partial charge < -0.3 is 0 Å². The van der Waals surface area contributed by atoms with Crippen LogP contribution in [0, 0.1) is 0 Å². The standard InChI is InChI=1S/C20H14ClF3N4O4S/c21-17-10-13(7-8-25-17)19(30)27-26-18(29)12-3-1-6-16(9-12)33(31,32)28-15-5-2-4-14(11-15)20(22,23)24/h1-11,28H,(H,26,29)(H,27,30). The fourth-order valence-electron chi connectivity index (χ4n) is 2.58. The van der Waals surface area contributed by atoms with E-state index in [1.165, 1.54) is 30.5 Å². The monoisotopic (exact) mass is 498 g/mol. The fourth-order valence-corrected chi connectivity index (χ4v) is 3.85. The summed E-state index contributed by atoms with van der Waals surface area (Å²) in [5.74, 6) is -1.53. The lowest BCUT2D eigenvalue weighted by Crippen LogP contribution is -2.41. The van der Waals surface area contributed by atoms with Crippen molar-refractivity contribution in [1.29, 1.82) is 0 Å². The summed E-state index contributed by atoms with van der Waals surface area (Å²) in [5, 5.41) is 0.0696. The van der Waals surface area contributed by atoms with Crippen LogP contribution in [0.1, 0.15) is 26.3 Å². The quantitative estimate of drug-likeness (QED) is 0.367. The second kappa shape index (κ2) is 9.46. The first-order valence-corrected chi connectivity index (χ1v) is 10.8. The summed E-state index contributed by atoms with van der Waals surface area (Å²) in [7, 11) is -4.32. The van der Waals surface area contributed by atoms with Crippen LogP contribution in [0.5, 0.6) is 0 Å². The number of halogens is 4. The van der Waals surface area contributed by atoms with Gasteiger partial charge in [0.1, 0.15) is 5.15 Å². The number of alkyl halides is 3. The molecule has 2 aromatic carbocycles. The topological polar surface area (TPSA) is 117 Å². The Bertz CT molecular complexity index is 1320. The van der Waals surface area contributed by atoms with Crippen LogP contribution in [0.2, 0.25) is 5.15 Å². The van der Waals surface area contributed by atoms with Crippen LogP contribution in [0.3, 0.4) is 0 Å². The smallest absolute Gasteiger partial charge is 0.280 e. The molecule has 33 heavy (non-hydrogen) atoms. The van der Waals surface area contributed by atoms with E-state index in [1.54, 1.807) is 0 Å². The summed E-state index contributed by atoms with van der Waals surface area (Å²) in [6.07, 6.45) is -3.35. The van der Waals surface area contributed by atoms with E-state index in [1.807, 2.05) is 4.72 Å². The Morgan fingerprint density at radius 3 is 2.15 bits per heavy atom. The molecule has 8 nitrogen and oxygen atoms in total. The normalized spacial score (nSPS) is 11.5. The summed E-state index contributed by atoms with van der Waals surface area (Å²) in [5.41, 5.74) is 2.94. The Kier molecular flexibility index (Phi) is 6.89. The van der Waals surface area contributed by atoms with Crippen LogP contribution in [0.25, 0.3) is 0 Å². The van der Waals surface area contributed by atoms with E-state index < -0.39 is 33.6 Å². The van der Waals surface area contributed by atoms with Gasteiger partial charge in [-0.1, -0.05) is 23.7 Å². The molecule has 13 heteroatoms. The summed E-state index contributed by atoms with van der Waals surface area (Å²) in [6.45, 7) is 0. The van der Waals surface area contributed by atoms with E-state index in [9.17, 15) is 31.2 Å². The summed E-state index contributed by atoms with van der Waals surface area (Å²) in [6, 6.07) is 11.0. The molecule has 2 amide bonds. The van der Waals surface area contributed by atoms with Crippen LogP contribution in [0.4, 0.5) is 18.9 Å². The second-order valence-corrected chi connectivity index (χ2v) is 8.56. The summed E-state index contributed by atoms with van der Waals surface area (Å²) < 4.78 is 65.8. The van der Waals surface area contributed by atoms with Gasteiger partial charge in [-0.05, 0) is 48.5 Å². The van der Waals surface area contributed by atoms with Crippen LogP contribution in [-0.4, -0.2) is 25.2 Å². The van der Waals surface area contributed by atoms with Gasteiger partial charge in [-0.25, -0.2) is 13.4 Å². The van der Waals surface area contributed by atoms with Gasteiger partial charge in [-0.15, -0.1) is 0 Å². The molecule has 0 fully saturated rings. The Morgan fingerprint density at radius 1 is 0.879 bits per heavy atom. The largest absolute Gasteiger partial charge is 0.416 e. The Balaban J connectivity index is 1.73. The second-order valence-electron chi connectivity index (χ2n) is 6.49. The van der Waals surface area contributed by atoms with Crippen molar-refractivity contribution in [3.63, 3.8) is 0 Å². The molecule has 1 heterocycles. The molecule has 0 radical (unpaired) electrons. The average molecular weight is 499 g/mol. The predicted molar refractivity (Wildman–Crippen MR) is 113 cm³/mol. The van der Waals surface area contributed by atoms with E-state index in [0.717, 1.165) is 30.3 Å². The minimum Gasteiger partial charge on any atom is -0.280 e. The minimum absolute atomic E-state index is 0.0696. The molecule has 3 N–H and O–H groups in total. The number of carbonyl (C=O) groups is 2. The number of hydrogen-bond acceptors (Lipinski definition) is 5. The number of nitrogens with zero attached hydrogens (tertiary/aromatic N) is 1. The Hall–Kier alpha value is -3.64. The number of nitrogens with one attached hydrogen (secondary N) is 3. The van der Waals surface area contributed by atoms with Crippen LogP contribution >= 0.6 is 11.6 Å². The average Bonchev–Trinajstić information content (AvgIpc) is 2.76. The third-order valence-corrected chi connectivity index (χ3v) is 5.71. The predicted octanol–water partition coefficient (Wildman–Crippen LogP) is 3.63. The summed E-state index contributed by atoms with van der Waals surface area (Å²) >= 11 is 5.70. The molecule has 0 saturated heterocycles. The van der Waals surface area contributed by atoms with Gasteiger partial charge in [0, 0.05) is 23.0 Å². The van der Waals surface area contributed by atoms with E-state index in [2.05, 4.69) is 15.8 Å². The number of amides is 2. The Labute approximate surface area is 190 Å². The summed E-state index contributed by atoms with van der Waals surface area (Å²) in [4.78, 5) is 27.7. The molecule has 0 bridgehead atoms. The molecule has 0 atom stereocenters. The highest BCUT2D eigenvalue weighted by molar-refractivity contribution is 7.92. The third-order valence-electron chi connectivity index (χ3n) is 4.13. The maximum Gasteiger partial charge on any atom is 0.416 e. The maximum atomic E-state index is 12.9. The third kappa shape index (κ3) is 6.20. The molecule has 3 aromatic rings. The van der Waals surface area contributed by atoms with Crippen molar-refractivity contribution in [2.45, 2.75) is 11.1 Å². The number of benzene rings is 2. The van der Waals surface area contributed by atoms with E-state index in [4.69, 9.17) is 11.6 Å². The lowest BCUT2D eigenvalue weighted by molar-refractivity contribution is -0.137. The van der Waals surface area contributed by atoms with Gasteiger partial charge in [-0.3, -0.25) is 25.2 Å². The van der Waals surface area contributed by atoms with Gasteiger partial charge in [0.2, 0.25) is 0 Å². The highest BCUT2D eigenvalue weighted by Gasteiger charge is 2.30. The van der Waals surface area contributed by atoms with Crippen molar-refractivity contribution in [2.75, 3.05) is 4.72 Å². The van der Waals surface area contributed by atoms with Crippen LogP contribution in [0.15, 0.2) is 71.8 Å². The van der Waals surface area contributed by atoms with Gasteiger partial charge in [0.05, 0.1) is 10.5 Å². The molecule has 0 aliphatic rings. The number of carbonyl (C=O) groups excluding carboxylic acids is 2. The first-order chi connectivity index (χ1) is 15.5. The first kappa shape index (κ1) is 24.0. The number of pyridine rings is 1. The molecular formula is C20H14ClF3N4O4S. The molecule has 0 saturated carbocycles. The molecule has 0 aliphatic heterocycles. The number of anilines is 1. The van der Waals surface area contributed by atoms with Gasteiger partial charge in [-0.2, -0.15) is 13.2 Å². The van der Waals surface area contributed by atoms with E-state index >= 15 is 0 Å².